The monoisotopic (exact) mass is 725 g/mol. The van der Waals surface area contributed by atoms with E-state index in [1.54, 1.807) is 0 Å². The van der Waals surface area contributed by atoms with E-state index >= 15 is 0 Å². The summed E-state index contributed by atoms with van der Waals surface area (Å²) in [7, 11) is 0. The van der Waals surface area contributed by atoms with Crippen molar-refractivity contribution >= 4 is 5.97 Å². The molecule has 0 aromatic carbocycles. The average Bonchev–Trinajstić information content (AvgIpc) is 3.13. The largest absolute Gasteiger partial charge is 0.457 e. The van der Waals surface area contributed by atoms with Crippen molar-refractivity contribution in [2.45, 2.75) is 198 Å². The van der Waals surface area contributed by atoms with Crippen molar-refractivity contribution in [1.29, 1.82) is 0 Å². The van der Waals surface area contributed by atoms with Crippen molar-refractivity contribution < 1.29 is 44.2 Å². The van der Waals surface area contributed by atoms with E-state index in [9.17, 15) is 25.2 Å². The lowest BCUT2D eigenvalue weighted by Gasteiger charge is -2.39. The lowest BCUT2D eigenvalue weighted by atomic mass is 9.99. The quantitative estimate of drug-likeness (QED) is 0.0293. The molecule has 0 saturated carbocycles. The van der Waals surface area contributed by atoms with Gasteiger partial charge >= 0.3 is 5.97 Å². The summed E-state index contributed by atoms with van der Waals surface area (Å²) >= 11 is 0. The van der Waals surface area contributed by atoms with Gasteiger partial charge in [-0.15, -0.1) is 0 Å². The Labute approximate surface area is 310 Å². The molecule has 4 N–H and O–H groups in total. The smallest absolute Gasteiger partial charge is 0.306 e. The fourth-order valence-corrected chi connectivity index (χ4v) is 5.99. The van der Waals surface area contributed by atoms with E-state index < -0.39 is 43.4 Å². The molecule has 9 nitrogen and oxygen atoms in total. The second kappa shape index (κ2) is 34.2. The number of carbonyl (C=O) groups excluding carboxylic acids is 1. The Hall–Kier alpha value is -1.59. The molecule has 6 unspecified atom stereocenters. The zero-order valence-electron chi connectivity index (χ0n) is 32.4. The molecule has 0 spiro atoms. The number of aliphatic hydroxyl groups is 4. The molecule has 1 fully saturated rings. The molecule has 1 heterocycles. The maximum Gasteiger partial charge on any atom is 0.306 e. The molecular weight excluding hydrogens is 648 g/mol. The number of rotatable bonds is 34. The molecule has 1 aliphatic rings. The third-order valence-electron chi connectivity index (χ3n) is 9.26. The van der Waals surface area contributed by atoms with Gasteiger partial charge in [0, 0.05) is 13.0 Å². The molecule has 0 aromatic rings. The summed E-state index contributed by atoms with van der Waals surface area (Å²) in [4.78, 5) is 12.7. The van der Waals surface area contributed by atoms with E-state index in [1.807, 2.05) is 0 Å². The highest BCUT2D eigenvalue weighted by Crippen LogP contribution is 2.22. The van der Waals surface area contributed by atoms with Gasteiger partial charge in [-0.05, 0) is 64.2 Å². The first-order valence-electron chi connectivity index (χ1n) is 20.6. The Kier molecular flexibility index (Phi) is 31.8. The van der Waals surface area contributed by atoms with Crippen molar-refractivity contribution in [3.05, 3.63) is 36.5 Å². The lowest BCUT2D eigenvalue weighted by Crippen LogP contribution is -2.59. The van der Waals surface area contributed by atoms with E-state index in [4.69, 9.17) is 18.9 Å². The van der Waals surface area contributed by atoms with E-state index in [1.165, 1.54) is 70.6 Å². The van der Waals surface area contributed by atoms with E-state index in [0.29, 0.717) is 13.0 Å². The van der Waals surface area contributed by atoms with E-state index in [-0.39, 0.29) is 19.2 Å². The SMILES string of the molecule is CCC/C=C\C/C=C\CCCCCCCCOCC(COC1OC(CO)C(O)C(O)C1O)OC(=O)CCCCCCC/C=C\CCCCCCC. The van der Waals surface area contributed by atoms with Crippen LogP contribution in [-0.2, 0) is 23.7 Å². The van der Waals surface area contributed by atoms with Crippen LogP contribution in [0.5, 0.6) is 0 Å². The van der Waals surface area contributed by atoms with Gasteiger partial charge in [0.25, 0.3) is 0 Å². The van der Waals surface area contributed by atoms with Crippen molar-refractivity contribution in [2.75, 3.05) is 26.4 Å². The minimum absolute atomic E-state index is 0.121. The molecule has 0 amide bonds. The van der Waals surface area contributed by atoms with Crippen molar-refractivity contribution in [2.24, 2.45) is 0 Å². The molecule has 298 valence electrons. The van der Waals surface area contributed by atoms with Gasteiger partial charge in [-0.3, -0.25) is 4.79 Å². The number of unbranched alkanes of at least 4 members (excludes halogenated alkanes) is 17. The average molecular weight is 725 g/mol. The van der Waals surface area contributed by atoms with Gasteiger partial charge in [-0.25, -0.2) is 0 Å². The molecule has 6 atom stereocenters. The number of allylic oxidation sites excluding steroid dienone is 6. The highest BCUT2D eigenvalue weighted by Gasteiger charge is 2.44. The van der Waals surface area contributed by atoms with Gasteiger partial charge in [0.15, 0.2) is 6.29 Å². The molecule has 0 radical (unpaired) electrons. The molecule has 1 saturated heterocycles. The standard InChI is InChI=1S/C42H76O9/c1-3-5-7-9-11-13-15-17-19-21-23-25-27-29-31-38(44)50-36(35-49-42-41(47)40(46)39(45)37(33-43)51-42)34-48-32-30-28-26-24-22-20-18-16-14-12-10-8-6-4-2/h8,10,14-17,36-37,39-43,45-47H,3-7,9,11-13,18-35H2,1-2H3/b10-8-,16-14-,17-15-. The van der Waals surface area contributed by atoms with Crippen LogP contribution in [0.3, 0.4) is 0 Å². The number of hydrogen-bond acceptors (Lipinski definition) is 9. The Balaban J connectivity index is 2.32. The number of esters is 1. The van der Waals surface area contributed by atoms with Crippen LogP contribution in [0.1, 0.15) is 162 Å². The fraction of sp³-hybridized carbons (Fsp3) is 0.833. The first-order chi connectivity index (χ1) is 24.9. The summed E-state index contributed by atoms with van der Waals surface area (Å²) in [5, 5.41) is 40.0. The van der Waals surface area contributed by atoms with Crippen LogP contribution in [0.4, 0.5) is 0 Å². The van der Waals surface area contributed by atoms with Gasteiger partial charge in [-0.2, -0.15) is 0 Å². The normalized spacial score (nSPS) is 21.7. The summed E-state index contributed by atoms with van der Waals surface area (Å²) in [6, 6.07) is 0. The second-order valence-corrected chi connectivity index (χ2v) is 14.1. The molecule has 9 heteroatoms. The maximum absolute atomic E-state index is 12.7. The van der Waals surface area contributed by atoms with E-state index in [2.05, 4.69) is 50.3 Å². The molecule has 0 aromatic heterocycles. The first-order valence-corrected chi connectivity index (χ1v) is 20.6. The number of aliphatic hydroxyl groups excluding tert-OH is 4. The van der Waals surface area contributed by atoms with Gasteiger partial charge in [-0.1, -0.05) is 127 Å². The predicted molar refractivity (Wildman–Crippen MR) is 205 cm³/mol. The van der Waals surface area contributed by atoms with Gasteiger partial charge in [0.1, 0.15) is 30.5 Å². The third-order valence-corrected chi connectivity index (χ3v) is 9.26. The predicted octanol–water partition coefficient (Wildman–Crippen LogP) is 8.41. The van der Waals surface area contributed by atoms with Crippen molar-refractivity contribution in [1.82, 2.24) is 0 Å². The van der Waals surface area contributed by atoms with Gasteiger partial charge < -0.3 is 39.4 Å². The van der Waals surface area contributed by atoms with Crippen LogP contribution in [-0.4, -0.2) is 89.6 Å². The summed E-state index contributed by atoms with van der Waals surface area (Å²) in [5.74, 6) is -0.328. The molecule has 1 aliphatic heterocycles. The number of ether oxygens (including phenoxy) is 4. The molecule has 51 heavy (non-hydrogen) atoms. The topological polar surface area (TPSA) is 135 Å². The Morgan fingerprint density at radius 3 is 1.78 bits per heavy atom. The molecular formula is C42H76O9. The second-order valence-electron chi connectivity index (χ2n) is 14.1. The zero-order valence-corrected chi connectivity index (χ0v) is 32.4. The molecule has 1 rings (SSSR count). The lowest BCUT2D eigenvalue weighted by molar-refractivity contribution is -0.305. The number of carbonyl (C=O) groups is 1. The zero-order chi connectivity index (χ0) is 37.2. The van der Waals surface area contributed by atoms with Crippen LogP contribution in [0.25, 0.3) is 0 Å². The minimum Gasteiger partial charge on any atom is -0.457 e. The van der Waals surface area contributed by atoms with Crippen LogP contribution in [0.15, 0.2) is 36.5 Å². The number of hydrogen-bond donors (Lipinski definition) is 4. The Morgan fingerprint density at radius 1 is 0.627 bits per heavy atom. The molecule has 0 aliphatic carbocycles. The van der Waals surface area contributed by atoms with E-state index in [0.717, 1.165) is 70.6 Å². The summed E-state index contributed by atoms with van der Waals surface area (Å²) in [6.45, 7) is 4.44. The minimum atomic E-state index is -1.54. The first kappa shape index (κ1) is 47.4. The summed E-state index contributed by atoms with van der Waals surface area (Å²) in [5.41, 5.74) is 0. The maximum atomic E-state index is 12.7. The van der Waals surface area contributed by atoms with Crippen LogP contribution in [0, 0.1) is 0 Å². The fourth-order valence-electron chi connectivity index (χ4n) is 5.99. The van der Waals surface area contributed by atoms with Gasteiger partial charge in [0.05, 0.1) is 19.8 Å². The Bertz CT molecular complexity index is 874. The third kappa shape index (κ3) is 25.9. The van der Waals surface area contributed by atoms with Crippen molar-refractivity contribution in [3.63, 3.8) is 0 Å². The van der Waals surface area contributed by atoms with Crippen LogP contribution >= 0.6 is 0 Å². The van der Waals surface area contributed by atoms with Crippen LogP contribution < -0.4 is 0 Å². The summed E-state index contributed by atoms with van der Waals surface area (Å²) in [6.07, 6.45) is 31.6. The van der Waals surface area contributed by atoms with Crippen molar-refractivity contribution in [3.8, 4) is 0 Å². The Morgan fingerprint density at radius 2 is 1.18 bits per heavy atom. The van der Waals surface area contributed by atoms with Crippen LogP contribution in [0.2, 0.25) is 0 Å². The highest BCUT2D eigenvalue weighted by molar-refractivity contribution is 5.69. The highest BCUT2D eigenvalue weighted by atomic mass is 16.7. The molecule has 0 bridgehead atoms. The van der Waals surface area contributed by atoms with Gasteiger partial charge in [0.2, 0.25) is 0 Å². The summed E-state index contributed by atoms with van der Waals surface area (Å²) < 4.78 is 22.7.